The molecule has 0 amide bonds. The number of rotatable bonds is 7. The fourth-order valence-electron chi connectivity index (χ4n) is 3.79. The van der Waals surface area contributed by atoms with Gasteiger partial charge in [-0.3, -0.25) is 10.2 Å². The van der Waals surface area contributed by atoms with Crippen LogP contribution in [0.5, 0.6) is 5.75 Å². The number of carbonyl (C=O) groups is 1. The molecule has 1 atom stereocenters. The van der Waals surface area contributed by atoms with E-state index in [1.54, 1.807) is 13.8 Å². The summed E-state index contributed by atoms with van der Waals surface area (Å²) >= 11 is 0. The average molecular weight is 441 g/mol. The number of guanidine groups is 1. The van der Waals surface area contributed by atoms with Crippen LogP contribution in [0.2, 0.25) is 0 Å². The van der Waals surface area contributed by atoms with Gasteiger partial charge in [-0.15, -0.1) is 0 Å². The topological polar surface area (TPSA) is 160 Å². The highest BCUT2D eigenvalue weighted by molar-refractivity contribution is 7.89. The normalized spacial score (nSPS) is 16.3. The van der Waals surface area contributed by atoms with Gasteiger partial charge in [0, 0.05) is 6.54 Å². The molecule has 1 aromatic rings. The summed E-state index contributed by atoms with van der Waals surface area (Å²) < 4.78 is 34.0. The molecule has 6 N–H and O–H groups in total. The zero-order valence-corrected chi connectivity index (χ0v) is 19.0. The van der Waals surface area contributed by atoms with Crippen LogP contribution in [0.3, 0.4) is 0 Å². The van der Waals surface area contributed by atoms with Crippen LogP contribution in [0.15, 0.2) is 4.90 Å². The number of carboxylic acid groups (broad SMARTS) is 1. The van der Waals surface area contributed by atoms with Gasteiger partial charge in [0.1, 0.15) is 17.4 Å². The van der Waals surface area contributed by atoms with Crippen LogP contribution in [0.4, 0.5) is 0 Å². The van der Waals surface area contributed by atoms with Gasteiger partial charge in [0.25, 0.3) is 10.0 Å². The Kier molecular flexibility index (Phi) is 6.72. The van der Waals surface area contributed by atoms with Gasteiger partial charge in [0.2, 0.25) is 5.96 Å². The van der Waals surface area contributed by atoms with Crippen LogP contribution in [0.25, 0.3) is 0 Å². The number of sulfonamides is 1. The number of carboxylic acids is 1. The number of aliphatic carboxylic acids is 1. The molecule has 0 aliphatic carbocycles. The zero-order chi connectivity index (χ0) is 23.0. The van der Waals surface area contributed by atoms with E-state index >= 15 is 0 Å². The van der Waals surface area contributed by atoms with E-state index in [0.29, 0.717) is 17.5 Å². The maximum absolute atomic E-state index is 13.5. The van der Waals surface area contributed by atoms with E-state index in [2.05, 4.69) is 0 Å². The minimum absolute atomic E-state index is 0.0682. The zero-order valence-electron chi connectivity index (χ0n) is 18.2. The van der Waals surface area contributed by atoms with Gasteiger partial charge in [-0.25, -0.2) is 12.7 Å². The first-order valence-electron chi connectivity index (χ1n) is 9.87. The smallest absolute Gasteiger partial charge is 0.320 e. The molecule has 1 aromatic carbocycles. The molecular formula is C20H32N4O5S. The summed E-state index contributed by atoms with van der Waals surface area (Å²) in [7, 11) is -4.12. The molecule has 1 aliphatic heterocycles. The molecule has 0 saturated heterocycles. The summed E-state index contributed by atoms with van der Waals surface area (Å²) in [5.74, 6) is -1.06. The largest absolute Gasteiger partial charge is 0.487 e. The maximum atomic E-state index is 13.5. The van der Waals surface area contributed by atoms with Crippen molar-refractivity contribution in [1.82, 2.24) is 4.31 Å². The second-order valence-electron chi connectivity index (χ2n) is 8.42. The van der Waals surface area contributed by atoms with Crippen molar-refractivity contribution in [2.24, 2.45) is 11.5 Å². The quantitative estimate of drug-likeness (QED) is 0.371. The Morgan fingerprint density at radius 2 is 1.87 bits per heavy atom. The molecular weight excluding hydrogens is 408 g/mol. The average Bonchev–Trinajstić information content (AvgIpc) is 2.61. The first kappa shape index (κ1) is 23.9. The van der Waals surface area contributed by atoms with Crippen LogP contribution in [-0.4, -0.2) is 47.9 Å². The van der Waals surface area contributed by atoms with E-state index in [-0.39, 0.29) is 29.9 Å². The third-order valence-electron chi connectivity index (χ3n) is 5.68. The summed E-state index contributed by atoms with van der Waals surface area (Å²) in [6.45, 7) is 9.18. The summed E-state index contributed by atoms with van der Waals surface area (Å²) in [6, 6.07) is -1.10. The fraction of sp³-hybridized carbons (Fsp3) is 0.600. The number of hydrogen-bond acceptors (Lipinski definition) is 6. The highest BCUT2D eigenvalue weighted by atomic mass is 32.2. The predicted molar refractivity (Wildman–Crippen MR) is 114 cm³/mol. The van der Waals surface area contributed by atoms with E-state index in [4.69, 9.17) is 26.7 Å². The van der Waals surface area contributed by atoms with Crippen LogP contribution >= 0.6 is 0 Å². The molecule has 0 spiro atoms. The Bertz CT molecular complexity index is 972. The predicted octanol–water partition coefficient (Wildman–Crippen LogP) is 1.79. The van der Waals surface area contributed by atoms with E-state index < -0.39 is 28.0 Å². The minimum Gasteiger partial charge on any atom is -0.487 e. The van der Waals surface area contributed by atoms with Crippen LogP contribution in [0, 0.1) is 26.2 Å². The summed E-state index contributed by atoms with van der Waals surface area (Å²) in [6.07, 6.45) is 1.67. The standard InChI is InChI=1S/C20H32N4O5S/c1-11-12(2)17(13(3)14-8-9-20(4,5)29-16(11)14)30(27,28)24(19(22)23)10-6-7-15(21)18(25)26/h15H,6-10,21H2,1-5H3,(H3,22,23)(H,25,26). The number of nitrogens with two attached hydrogens (primary N) is 2. The molecule has 10 heteroatoms. The SMILES string of the molecule is Cc1c(C)c(S(=O)(=O)N(CCCC(N)C(=O)O)C(=N)N)c(C)c2c1OC(C)(C)CC2. The maximum Gasteiger partial charge on any atom is 0.320 e. The minimum atomic E-state index is -4.12. The van der Waals surface area contributed by atoms with Crippen molar-refractivity contribution in [1.29, 1.82) is 5.41 Å². The molecule has 168 valence electrons. The molecule has 30 heavy (non-hydrogen) atoms. The lowest BCUT2D eigenvalue weighted by Crippen LogP contribution is -2.43. The molecule has 0 saturated carbocycles. The third-order valence-corrected chi connectivity index (χ3v) is 7.76. The van der Waals surface area contributed by atoms with Crippen molar-refractivity contribution >= 4 is 22.0 Å². The molecule has 1 aliphatic rings. The Balaban J connectivity index is 2.48. The summed E-state index contributed by atoms with van der Waals surface area (Å²) in [5.41, 5.74) is 13.5. The number of benzene rings is 1. The van der Waals surface area contributed by atoms with Gasteiger partial charge < -0.3 is 21.3 Å². The van der Waals surface area contributed by atoms with Gasteiger partial charge in [-0.1, -0.05) is 0 Å². The third kappa shape index (κ3) is 4.54. The van der Waals surface area contributed by atoms with E-state index in [1.807, 2.05) is 20.8 Å². The van der Waals surface area contributed by atoms with Gasteiger partial charge >= 0.3 is 5.97 Å². The first-order valence-corrected chi connectivity index (χ1v) is 11.3. The lowest BCUT2D eigenvalue weighted by molar-refractivity contribution is -0.138. The lowest BCUT2D eigenvalue weighted by Gasteiger charge is -2.36. The molecule has 0 radical (unpaired) electrons. The molecule has 1 unspecified atom stereocenters. The Morgan fingerprint density at radius 3 is 2.40 bits per heavy atom. The highest BCUT2D eigenvalue weighted by Crippen LogP contribution is 2.42. The van der Waals surface area contributed by atoms with Gasteiger partial charge in [-0.2, -0.15) is 0 Å². The fourth-order valence-corrected chi connectivity index (χ4v) is 5.69. The number of fused-ring (bicyclic) bond motifs is 1. The highest BCUT2D eigenvalue weighted by Gasteiger charge is 2.36. The molecule has 0 fully saturated rings. The van der Waals surface area contributed by atoms with Gasteiger partial charge in [-0.05, 0) is 82.6 Å². The molecule has 9 nitrogen and oxygen atoms in total. The van der Waals surface area contributed by atoms with Crippen molar-refractivity contribution in [2.75, 3.05) is 6.54 Å². The molecule has 0 aromatic heterocycles. The van der Waals surface area contributed by atoms with Crippen molar-refractivity contribution in [3.05, 3.63) is 22.3 Å². The summed E-state index contributed by atoms with van der Waals surface area (Å²) in [5, 5.41) is 16.7. The number of ether oxygens (including phenoxy) is 1. The van der Waals surface area contributed by atoms with Crippen LogP contribution in [-0.2, 0) is 21.2 Å². The number of nitrogens with zero attached hydrogens (tertiary/aromatic N) is 1. The molecule has 0 bridgehead atoms. The lowest BCUT2D eigenvalue weighted by atomic mass is 9.88. The molecule has 2 rings (SSSR count). The first-order chi connectivity index (χ1) is 13.7. The molecule has 1 heterocycles. The number of hydrogen-bond donors (Lipinski definition) is 4. The van der Waals surface area contributed by atoms with E-state index in [1.165, 1.54) is 0 Å². The van der Waals surface area contributed by atoms with Crippen molar-refractivity contribution in [3.8, 4) is 5.75 Å². The Labute approximate surface area is 177 Å². The Morgan fingerprint density at radius 1 is 1.27 bits per heavy atom. The second-order valence-corrected chi connectivity index (χ2v) is 10.2. The monoisotopic (exact) mass is 440 g/mol. The van der Waals surface area contributed by atoms with Crippen molar-refractivity contribution in [2.45, 2.75) is 76.8 Å². The van der Waals surface area contributed by atoms with Gasteiger partial charge in [0.15, 0.2) is 0 Å². The van der Waals surface area contributed by atoms with E-state index in [0.717, 1.165) is 27.6 Å². The van der Waals surface area contributed by atoms with Gasteiger partial charge in [0.05, 0.1) is 4.90 Å². The van der Waals surface area contributed by atoms with Crippen LogP contribution < -0.4 is 16.2 Å². The van der Waals surface area contributed by atoms with Crippen molar-refractivity contribution in [3.63, 3.8) is 0 Å². The van der Waals surface area contributed by atoms with Crippen LogP contribution in [0.1, 0.15) is 55.4 Å². The van der Waals surface area contributed by atoms with Crippen molar-refractivity contribution < 1.29 is 23.1 Å². The van der Waals surface area contributed by atoms with E-state index in [9.17, 15) is 13.2 Å². The second kappa shape index (κ2) is 8.43. The Hall–Kier alpha value is -2.33. The number of nitrogens with one attached hydrogen (secondary N) is 1. The summed E-state index contributed by atoms with van der Waals surface area (Å²) in [4.78, 5) is 11.0.